The van der Waals surface area contributed by atoms with Gasteiger partial charge in [-0.1, -0.05) is 29.8 Å². The molecule has 0 amide bonds. The molecule has 0 aliphatic heterocycles. The topological polar surface area (TPSA) is 53.1 Å². The van der Waals surface area contributed by atoms with Gasteiger partial charge in [0.25, 0.3) is 0 Å². The zero-order valence-electron chi connectivity index (χ0n) is 13.9. The van der Waals surface area contributed by atoms with Gasteiger partial charge in [0.15, 0.2) is 0 Å². The van der Waals surface area contributed by atoms with Gasteiger partial charge in [0, 0.05) is 16.5 Å². The van der Waals surface area contributed by atoms with Crippen molar-refractivity contribution in [2.45, 2.75) is 34.1 Å². The number of nitrogens with one attached hydrogen (secondary N) is 1. The molecule has 0 aliphatic rings. The number of carboxylic acid groups (broad SMARTS) is 1. The molecule has 0 aliphatic carbocycles. The van der Waals surface area contributed by atoms with Crippen molar-refractivity contribution >= 4 is 16.9 Å². The molecule has 0 atom stereocenters. The normalized spacial score (nSPS) is 11.1. The standard InChI is InChI=1S/C20H21NO2/c1-11-5-6-13(3)16(9-11)20-17(10-18(22)23)15-8-7-12(2)14(4)19(15)21-20/h5-9,21H,10H2,1-4H3,(H,22,23). The largest absolute Gasteiger partial charge is 0.481 e. The number of hydrogen-bond donors (Lipinski definition) is 2. The molecule has 3 aromatic rings. The molecule has 0 saturated heterocycles. The van der Waals surface area contributed by atoms with E-state index in [4.69, 9.17) is 0 Å². The maximum Gasteiger partial charge on any atom is 0.307 e. The van der Waals surface area contributed by atoms with Gasteiger partial charge in [0.05, 0.1) is 12.1 Å². The third kappa shape index (κ3) is 2.63. The first-order valence-corrected chi connectivity index (χ1v) is 7.78. The second kappa shape index (κ2) is 5.58. The molecule has 23 heavy (non-hydrogen) atoms. The molecule has 118 valence electrons. The lowest BCUT2D eigenvalue weighted by Gasteiger charge is -2.08. The molecule has 3 nitrogen and oxygen atoms in total. The molecule has 0 unspecified atom stereocenters. The number of H-pyrrole nitrogens is 1. The first kappa shape index (κ1) is 15.3. The van der Waals surface area contributed by atoms with Gasteiger partial charge in [0.1, 0.15) is 0 Å². The van der Waals surface area contributed by atoms with Crippen LogP contribution in [0.3, 0.4) is 0 Å². The van der Waals surface area contributed by atoms with E-state index >= 15 is 0 Å². The van der Waals surface area contributed by atoms with Crippen molar-refractivity contribution < 1.29 is 9.90 Å². The van der Waals surface area contributed by atoms with Gasteiger partial charge in [0.2, 0.25) is 0 Å². The highest BCUT2D eigenvalue weighted by Gasteiger charge is 2.18. The van der Waals surface area contributed by atoms with Gasteiger partial charge >= 0.3 is 5.97 Å². The highest BCUT2D eigenvalue weighted by Crippen LogP contribution is 2.35. The predicted octanol–water partition coefficient (Wildman–Crippen LogP) is 4.70. The Morgan fingerprint density at radius 3 is 2.43 bits per heavy atom. The summed E-state index contributed by atoms with van der Waals surface area (Å²) in [6.45, 7) is 8.26. The van der Waals surface area contributed by atoms with E-state index in [0.717, 1.165) is 33.3 Å². The predicted molar refractivity (Wildman–Crippen MR) is 94.0 cm³/mol. The van der Waals surface area contributed by atoms with Crippen molar-refractivity contribution in [2.24, 2.45) is 0 Å². The summed E-state index contributed by atoms with van der Waals surface area (Å²) < 4.78 is 0. The molecule has 0 bridgehead atoms. The summed E-state index contributed by atoms with van der Waals surface area (Å²) in [5, 5.41) is 10.4. The second-order valence-electron chi connectivity index (χ2n) is 6.30. The first-order chi connectivity index (χ1) is 10.9. The maximum absolute atomic E-state index is 11.4. The van der Waals surface area contributed by atoms with E-state index in [9.17, 15) is 9.90 Å². The third-order valence-electron chi connectivity index (χ3n) is 4.60. The number of carbonyl (C=O) groups is 1. The minimum atomic E-state index is -0.810. The van der Waals surface area contributed by atoms with Crippen LogP contribution < -0.4 is 0 Å². The van der Waals surface area contributed by atoms with E-state index in [1.165, 1.54) is 16.7 Å². The Balaban J connectivity index is 2.37. The Morgan fingerprint density at radius 2 is 1.74 bits per heavy atom. The smallest absolute Gasteiger partial charge is 0.307 e. The Labute approximate surface area is 136 Å². The molecule has 0 saturated carbocycles. The molecule has 3 rings (SSSR count). The summed E-state index contributed by atoms with van der Waals surface area (Å²) in [6, 6.07) is 10.4. The number of carboxylic acids is 1. The van der Waals surface area contributed by atoms with Gasteiger partial charge in [-0.05, 0) is 56.0 Å². The van der Waals surface area contributed by atoms with Crippen molar-refractivity contribution in [1.82, 2.24) is 4.98 Å². The number of aryl methyl sites for hydroxylation is 4. The van der Waals surface area contributed by atoms with Crippen LogP contribution in [0.1, 0.15) is 27.8 Å². The quantitative estimate of drug-likeness (QED) is 0.737. The number of fused-ring (bicyclic) bond motifs is 1. The average Bonchev–Trinajstić information content (AvgIpc) is 2.84. The SMILES string of the molecule is Cc1ccc(C)c(-c2[nH]c3c(C)c(C)ccc3c2CC(=O)O)c1. The van der Waals surface area contributed by atoms with Crippen molar-refractivity contribution in [3.8, 4) is 11.3 Å². The summed E-state index contributed by atoms with van der Waals surface area (Å²) in [6.07, 6.45) is 0.0191. The molecule has 3 heteroatoms. The Hall–Kier alpha value is -2.55. The number of aromatic amines is 1. The number of hydrogen-bond acceptors (Lipinski definition) is 1. The lowest BCUT2D eigenvalue weighted by molar-refractivity contribution is -0.136. The fourth-order valence-corrected chi connectivity index (χ4v) is 3.13. The van der Waals surface area contributed by atoms with Crippen molar-refractivity contribution in [2.75, 3.05) is 0 Å². The van der Waals surface area contributed by atoms with Crippen LogP contribution in [0.15, 0.2) is 30.3 Å². The molecule has 0 radical (unpaired) electrons. The van der Waals surface area contributed by atoms with Crippen LogP contribution in [-0.2, 0) is 11.2 Å². The van der Waals surface area contributed by atoms with E-state index in [2.05, 4.69) is 56.9 Å². The van der Waals surface area contributed by atoms with Crippen molar-refractivity contribution in [3.63, 3.8) is 0 Å². The van der Waals surface area contributed by atoms with Gasteiger partial charge in [-0.2, -0.15) is 0 Å². The first-order valence-electron chi connectivity index (χ1n) is 7.78. The minimum Gasteiger partial charge on any atom is -0.481 e. The molecule has 0 spiro atoms. The highest BCUT2D eigenvalue weighted by atomic mass is 16.4. The summed E-state index contributed by atoms with van der Waals surface area (Å²) in [4.78, 5) is 14.9. The molecule has 0 fully saturated rings. The fourth-order valence-electron chi connectivity index (χ4n) is 3.13. The zero-order valence-corrected chi connectivity index (χ0v) is 13.9. The summed E-state index contributed by atoms with van der Waals surface area (Å²) in [5.74, 6) is -0.810. The van der Waals surface area contributed by atoms with Crippen LogP contribution in [-0.4, -0.2) is 16.1 Å². The van der Waals surface area contributed by atoms with E-state index in [-0.39, 0.29) is 6.42 Å². The molecule has 1 heterocycles. The Bertz CT molecular complexity index is 919. The number of aliphatic carboxylic acids is 1. The monoisotopic (exact) mass is 307 g/mol. The Morgan fingerprint density at radius 1 is 1.04 bits per heavy atom. The van der Waals surface area contributed by atoms with Crippen molar-refractivity contribution in [3.05, 3.63) is 58.1 Å². The summed E-state index contributed by atoms with van der Waals surface area (Å²) in [5.41, 5.74) is 8.59. The highest BCUT2D eigenvalue weighted by molar-refractivity contribution is 5.96. The van der Waals surface area contributed by atoms with Crippen LogP contribution in [0.25, 0.3) is 22.2 Å². The van der Waals surface area contributed by atoms with Gasteiger partial charge in [-0.25, -0.2) is 0 Å². The zero-order chi connectivity index (χ0) is 16.7. The van der Waals surface area contributed by atoms with Crippen LogP contribution in [0.2, 0.25) is 0 Å². The Kier molecular flexibility index (Phi) is 3.72. The summed E-state index contributed by atoms with van der Waals surface area (Å²) >= 11 is 0. The lowest BCUT2D eigenvalue weighted by Crippen LogP contribution is -2.01. The van der Waals surface area contributed by atoms with Crippen LogP contribution >= 0.6 is 0 Å². The van der Waals surface area contributed by atoms with Gasteiger partial charge < -0.3 is 10.1 Å². The number of rotatable bonds is 3. The number of benzene rings is 2. The molecule has 2 N–H and O–H groups in total. The molecular formula is C20H21NO2. The van der Waals surface area contributed by atoms with E-state index in [1.807, 2.05) is 6.07 Å². The lowest BCUT2D eigenvalue weighted by atomic mass is 9.97. The van der Waals surface area contributed by atoms with Crippen LogP contribution in [0, 0.1) is 27.7 Å². The van der Waals surface area contributed by atoms with Gasteiger partial charge in [-0.3, -0.25) is 4.79 Å². The maximum atomic E-state index is 11.4. The molecule has 1 aromatic heterocycles. The summed E-state index contributed by atoms with van der Waals surface area (Å²) in [7, 11) is 0. The minimum absolute atomic E-state index is 0.0191. The van der Waals surface area contributed by atoms with Crippen molar-refractivity contribution in [1.29, 1.82) is 0 Å². The van der Waals surface area contributed by atoms with Gasteiger partial charge in [-0.15, -0.1) is 0 Å². The van der Waals surface area contributed by atoms with Crippen LogP contribution in [0.5, 0.6) is 0 Å². The molecular weight excluding hydrogens is 286 g/mol. The molecule has 2 aromatic carbocycles. The van der Waals surface area contributed by atoms with E-state index in [0.29, 0.717) is 0 Å². The average molecular weight is 307 g/mol. The second-order valence-corrected chi connectivity index (χ2v) is 6.30. The fraction of sp³-hybridized carbons (Fsp3) is 0.250. The van der Waals surface area contributed by atoms with Crippen LogP contribution in [0.4, 0.5) is 0 Å². The van der Waals surface area contributed by atoms with E-state index < -0.39 is 5.97 Å². The van der Waals surface area contributed by atoms with E-state index in [1.54, 1.807) is 0 Å². The number of aromatic nitrogens is 1. The third-order valence-corrected chi connectivity index (χ3v) is 4.60.